The maximum Gasteiger partial charge on any atom is 0.415 e. The third-order valence-corrected chi connectivity index (χ3v) is 8.01. The summed E-state index contributed by atoms with van der Waals surface area (Å²) in [6, 6.07) is 16.5. The molecular formula is C22H20Br2OP+. The Labute approximate surface area is 172 Å². The first kappa shape index (κ1) is 19.5. The minimum absolute atomic E-state index is 0.861. The highest BCUT2D eigenvalue weighted by molar-refractivity contribution is 9.10. The van der Waals surface area contributed by atoms with E-state index in [2.05, 4.69) is 70.0 Å². The summed E-state index contributed by atoms with van der Waals surface area (Å²) in [4.78, 5) is 0. The Bertz CT molecular complexity index is 1010. The molecule has 3 rings (SSSR count). The van der Waals surface area contributed by atoms with Crippen LogP contribution in [0.3, 0.4) is 0 Å². The zero-order valence-corrected chi connectivity index (χ0v) is 19.3. The summed E-state index contributed by atoms with van der Waals surface area (Å²) in [5.41, 5.74) is 6.94. The number of benzene rings is 3. The van der Waals surface area contributed by atoms with E-state index in [1.165, 1.54) is 16.7 Å². The summed E-state index contributed by atoms with van der Waals surface area (Å²) in [6.45, 7) is 8.24. The summed E-state index contributed by atoms with van der Waals surface area (Å²) < 4.78 is 15.2. The van der Waals surface area contributed by atoms with Gasteiger partial charge in [-0.2, -0.15) is 0 Å². The zero-order valence-electron chi connectivity index (χ0n) is 15.2. The van der Waals surface area contributed by atoms with Gasteiger partial charge in [0, 0.05) is 14.5 Å². The van der Waals surface area contributed by atoms with Crippen LogP contribution in [0.2, 0.25) is 0 Å². The molecule has 0 aliphatic heterocycles. The monoisotopic (exact) mass is 489 g/mol. The number of halogens is 2. The van der Waals surface area contributed by atoms with Gasteiger partial charge in [0.05, 0.1) is 0 Å². The van der Waals surface area contributed by atoms with Gasteiger partial charge in [-0.3, -0.25) is 0 Å². The Kier molecular flexibility index (Phi) is 5.81. The fourth-order valence-electron chi connectivity index (χ4n) is 2.99. The minimum Gasteiger partial charge on any atom is -0.0613 e. The highest BCUT2D eigenvalue weighted by Gasteiger charge is 2.26. The lowest BCUT2D eigenvalue weighted by molar-refractivity contribution is 0.598. The van der Waals surface area contributed by atoms with Crippen molar-refractivity contribution >= 4 is 50.3 Å². The second-order valence-corrected chi connectivity index (χ2v) is 9.94. The standard InChI is InChI=1S/C22H20Br2OP/c1-13-10-20(23)14(2)9-19(13)17-5-7-18(8-6-17)26(25)22-12-15(3)21(24)11-16(22)4/h5-12H,1-4H3/q+1. The van der Waals surface area contributed by atoms with Crippen molar-refractivity contribution in [1.29, 1.82) is 0 Å². The molecule has 0 radical (unpaired) electrons. The first-order chi connectivity index (χ1) is 12.3. The Morgan fingerprint density at radius 3 is 1.85 bits per heavy atom. The summed E-state index contributed by atoms with van der Waals surface area (Å²) in [7, 11) is -1.60. The van der Waals surface area contributed by atoms with E-state index in [-0.39, 0.29) is 0 Å². The molecule has 4 heteroatoms. The van der Waals surface area contributed by atoms with Crippen molar-refractivity contribution < 1.29 is 4.57 Å². The van der Waals surface area contributed by atoms with Gasteiger partial charge in [-0.05, 0) is 98.0 Å². The molecule has 3 aromatic carbocycles. The normalized spacial score (nSPS) is 11.5. The molecule has 0 spiro atoms. The fourth-order valence-corrected chi connectivity index (χ4v) is 5.30. The van der Waals surface area contributed by atoms with Crippen molar-refractivity contribution in [2.45, 2.75) is 27.7 Å². The van der Waals surface area contributed by atoms with Crippen LogP contribution in [0.15, 0.2) is 57.5 Å². The van der Waals surface area contributed by atoms with Gasteiger partial charge in [-0.15, -0.1) is 0 Å². The van der Waals surface area contributed by atoms with Gasteiger partial charge < -0.3 is 0 Å². The van der Waals surface area contributed by atoms with Crippen LogP contribution in [0.5, 0.6) is 0 Å². The molecule has 0 aromatic heterocycles. The molecule has 0 saturated heterocycles. The van der Waals surface area contributed by atoms with E-state index in [9.17, 15) is 4.57 Å². The van der Waals surface area contributed by atoms with Crippen LogP contribution in [0.25, 0.3) is 11.1 Å². The van der Waals surface area contributed by atoms with E-state index in [0.717, 1.165) is 36.2 Å². The molecule has 132 valence electrons. The quantitative estimate of drug-likeness (QED) is 0.365. The van der Waals surface area contributed by atoms with Crippen LogP contribution in [-0.4, -0.2) is 0 Å². The molecule has 0 saturated carbocycles. The largest absolute Gasteiger partial charge is 0.415 e. The molecule has 26 heavy (non-hydrogen) atoms. The van der Waals surface area contributed by atoms with Crippen LogP contribution < -0.4 is 10.6 Å². The van der Waals surface area contributed by atoms with E-state index in [1.807, 2.05) is 38.1 Å². The number of hydrogen-bond donors (Lipinski definition) is 0. The molecule has 3 aromatic rings. The lowest BCUT2D eigenvalue weighted by Gasteiger charge is -2.09. The topological polar surface area (TPSA) is 17.1 Å². The van der Waals surface area contributed by atoms with E-state index in [0.29, 0.717) is 0 Å². The molecule has 0 N–H and O–H groups in total. The number of rotatable bonds is 3. The number of aryl methyl sites for hydroxylation is 4. The van der Waals surface area contributed by atoms with Crippen molar-refractivity contribution in [3.8, 4) is 11.1 Å². The van der Waals surface area contributed by atoms with E-state index >= 15 is 0 Å². The molecule has 1 atom stereocenters. The first-order valence-electron chi connectivity index (χ1n) is 8.39. The fraction of sp³-hybridized carbons (Fsp3) is 0.182. The van der Waals surface area contributed by atoms with Crippen LogP contribution >= 0.6 is 39.7 Å². The molecule has 1 unspecified atom stereocenters. The molecule has 0 heterocycles. The Balaban J connectivity index is 1.97. The highest BCUT2D eigenvalue weighted by Crippen LogP contribution is 2.30. The van der Waals surface area contributed by atoms with Crippen LogP contribution in [0, 0.1) is 27.7 Å². The summed E-state index contributed by atoms with van der Waals surface area (Å²) >= 11 is 7.13. The highest BCUT2D eigenvalue weighted by atomic mass is 79.9. The molecule has 0 amide bonds. The lowest BCUT2D eigenvalue weighted by Crippen LogP contribution is -2.10. The average molecular weight is 491 g/mol. The minimum atomic E-state index is -1.60. The predicted molar refractivity (Wildman–Crippen MR) is 120 cm³/mol. The van der Waals surface area contributed by atoms with Crippen molar-refractivity contribution in [3.63, 3.8) is 0 Å². The maximum absolute atomic E-state index is 13.1. The molecule has 0 fully saturated rings. The molecule has 0 aliphatic rings. The average Bonchev–Trinajstić information content (AvgIpc) is 2.61. The zero-order chi connectivity index (χ0) is 19.0. The van der Waals surface area contributed by atoms with Gasteiger partial charge in [0.25, 0.3) is 0 Å². The van der Waals surface area contributed by atoms with Crippen molar-refractivity contribution in [2.24, 2.45) is 0 Å². The molecule has 0 aliphatic carbocycles. The van der Waals surface area contributed by atoms with Crippen molar-refractivity contribution in [3.05, 3.63) is 79.7 Å². The molecule has 1 nitrogen and oxygen atoms in total. The van der Waals surface area contributed by atoms with E-state index in [4.69, 9.17) is 0 Å². The third kappa shape index (κ3) is 3.86. The molecule has 0 bridgehead atoms. The Hall–Kier alpha value is -1.28. The number of hydrogen-bond acceptors (Lipinski definition) is 1. The van der Waals surface area contributed by atoms with Gasteiger partial charge in [0.2, 0.25) is 0 Å². The predicted octanol–water partition coefficient (Wildman–Crippen LogP) is 6.89. The second kappa shape index (κ2) is 7.76. The Morgan fingerprint density at radius 2 is 1.23 bits per heavy atom. The van der Waals surface area contributed by atoms with Crippen LogP contribution in [0.1, 0.15) is 22.3 Å². The third-order valence-electron chi connectivity index (χ3n) is 4.61. The SMILES string of the molecule is Cc1cc(-c2ccc([P+](=O)c3cc(C)c(Br)cc3C)cc2)c(C)cc1Br. The van der Waals surface area contributed by atoms with Gasteiger partial charge in [0.1, 0.15) is 0 Å². The van der Waals surface area contributed by atoms with Crippen LogP contribution in [-0.2, 0) is 4.57 Å². The summed E-state index contributed by atoms with van der Waals surface area (Å²) in [5, 5.41) is 1.77. The first-order valence-corrected chi connectivity index (χ1v) is 11.2. The summed E-state index contributed by atoms with van der Waals surface area (Å²) in [6.07, 6.45) is 0. The van der Waals surface area contributed by atoms with Gasteiger partial charge in [0.15, 0.2) is 10.6 Å². The molecular weight excluding hydrogens is 471 g/mol. The van der Waals surface area contributed by atoms with E-state index < -0.39 is 7.80 Å². The van der Waals surface area contributed by atoms with Gasteiger partial charge >= 0.3 is 7.80 Å². The van der Waals surface area contributed by atoms with E-state index in [1.54, 1.807) is 0 Å². The van der Waals surface area contributed by atoms with Crippen molar-refractivity contribution in [2.75, 3.05) is 0 Å². The van der Waals surface area contributed by atoms with Crippen LogP contribution in [0.4, 0.5) is 0 Å². The summed E-state index contributed by atoms with van der Waals surface area (Å²) in [5.74, 6) is 0. The second-order valence-electron chi connectivity index (χ2n) is 6.65. The lowest BCUT2D eigenvalue weighted by atomic mass is 9.99. The Morgan fingerprint density at radius 1 is 0.692 bits per heavy atom. The maximum atomic E-state index is 13.1. The van der Waals surface area contributed by atoms with Gasteiger partial charge in [-0.25, -0.2) is 0 Å². The van der Waals surface area contributed by atoms with Crippen molar-refractivity contribution in [1.82, 2.24) is 0 Å². The van der Waals surface area contributed by atoms with Gasteiger partial charge in [-0.1, -0.05) is 42.5 Å². The smallest absolute Gasteiger partial charge is 0.0613 e.